The van der Waals surface area contributed by atoms with Crippen LogP contribution in [0.2, 0.25) is 0 Å². The number of nitriles is 1. The molecule has 0 amide bonds. The van der Waals surface area contributed by atoms with Crippen molar-refractivity contribution in [3.05, 3.63) is 33.4 Å². The molecule has 0 aromatic carbocycles. The fourth-order valence-electron chi connectivity index (χ4n) is 10.7. The van der Waals surface area contributed by atoms with Crippen LogP contribution in [0.25, 0.3) is 0 Å². The number of carbonyl (C=O) groups is 2. The van der Waals surface area contributed by atoms with Gasteiger partial charge in [0.1, 0.15) is 11.2 Å². The van der Waals surface area contributed by atoms with Gasteiger partial charge in [-0.15, -0.1) is 0 Å². The average molecular weight is 562 g/mol. The third-order valence-corrected chi connectivity index (χ3v) is 13.3. The molecule has 0 radical (unpaired) electrons. The van der Waals surface area contributed by atoms with Crippen molar-refractivity contribution in [2.45, 2.75) is 97.9 Å². The van der Waals surface area contributed by atoms with Crippen molar-refractivity contribution in [1.29, 1.82) is 5.26 Å². The quantitative estimate of drug-likeness (QED) is 0.208. The fourth-order valence-corrected chi connectivity index (χ4v) is 10.7. The second kappa shape index (κ2) is 8.52. The van der Waals surface area contributed by atoms with E-state index in [0.29, 0.717) is 0 Å². The first-order valence-corrected chi connectivity index (χ1v) is 15.2. The summed E-state index contributed by atoms with van der Waals surface area (Å²) >= 11 is 0. The van der Waals surface area contributed by atoms with Gasteiger partial charge in [-0.25, -0.2) is 10.1 Å². The van der Waals surface area contributed by atoms with Crippen LogP contribution < -0.4 is 10.6 Å². The van der Waals surface area contributed by atoms with Gasteiger partial charge in [-0.3, -0.25) is 9.59 Å². The first kappa shape index (κ1) is 28.1. The van der Waals surface area contributed by atoms with E-state index < -0.39 is 21.4 Å². The number of carbonyl (C=O) groups excluding carboxylic acids is 2. The number of rotatable bonds is 2. The Kier molecular flexibility index (Phi) is 5.84. The lowest BCUT2D eigenvalue weighted by Gasteiger charge is -2.69. The second-order valence-corrected chi connectivity index (χ2v) is 15.3. The minimum absolute atomic E-state index is 0.0113. The Bertz CT molecular complexity index is 1380. The number of hydrogen-bond donors (Lipinski definition) is 2. The Hall–Kier alpha value is -3.02. The molecule has 4 fully saturated rings. The van der Waals surface area contributed by atoms with Crippen molar-refractivity contribution in [2.24, 2.45) is 49.9 Å². The van der Waals surface area contributed by atoms with Crippen molar-refractivity contribution >= 4 is 17.5 Å². The first-order chi connectivity index (χ1) is 19.1. The first-order valence-electron chi connectivity index (χ1n) is 15.2. The van der Waals surface area contributed by atoms with Gasteiger partial charge >= 0.3 is 0 Å². The molecule has 0 aromatic rings. The Morgan fingerprint density at radius 2 is 1.73 bits per heavy atom. The molecule has 6 aliphatic rings. The van der Waals surface area contributed by atoms with Crippen LogP contribution in [0.15, 0.2) is 28.4 Å². The Morgan fingerprint density at radius 1 is 1.07 bits per heavy atom. The van der Waals surface area contributed by atoms with Crippen LogP contribution in [0, 0.1) is 66.3 Å². The zero-order valence-corrected chi connectivity index (χ0v) is 25.2. The van der Waals surface area contributed by atoms with Crippen LogP contribution >= 0.6 is 0 Å². The lowest BCUT2D eigenvalue weighted by Crippen LogP contribution is -2.70. The van der Waals surface area contributed by atoms with Gasteiger partial charge < -0.3 is 10.6 Å². The molecule has 9 heteroatoms. The molecule has 0 saturated heterocycles. The topological polar surface area (TPSA) is 137 Å². The van der Waals surface area contributed by atoms with Gasteiger partial charge in [0.25, 0.3) is 5.96 Å². The monoisotopic (exact) mass is 561 g/mol. The van der Waals surface area contributed by atoms with E-state index in [2.05, 4.69) is 42.6 Å². The molecule has 4 saturated carbocycles. The lowest BCUT2D eigenvalue weighted by molar-refractivity contribution is -0.485. The van der Waals surface area contributed by atoms with E-state index in [1.807, 2.05) is 26.0 Å². The molecular weight excluding hydrogens is 518 g/mol. The van der Waals surface area contributed by atoms with Crippen LogP contribution in [0.3, 0.4) is 0 Å². The van der Waals surface area contributed by atoms with Gasteiger partial charge in [0.05, 0.1) is 5.57 Å². The number of allylic oxidation sites excluding steroid dienone is 4. The van der Waals surface area contributed by atoms with Gasteiger partial charge in [0.15, 0.2) is 16.6 Å². The minimum Gasteiger partial charge on any atom is -0.354 e. The number of Topliss-reactive ketones (excluding diaryl/α,β-unsaturated/α-hetero) is 1. The van der Waals surface area contributed by atoms with Crippen LogP contribution in [-0.4, -0.2) is 35.1 Å². The van der Waals surface area contributed by atoms with Gasteiger partial charge in [0.2, 0.25) is 0 Å². The fraction of sp³-hybridized carbons (Fsp3) is 0.750. The van der Waals surface area contributed by atoms with Gasteiger partial charge in [-0.05, 0) is 91.9 Å². The third kappa shape index (κ3) is 3.61. The number of ketones is 2. The molecule has 0 aromatic heterocycles. The van der Waals surface area contributed by atoms with Crippen molar-refractivity contribution in [3.8, 4) is 6.07 Å². The van der Waals surface area contributed by atoms with Crippen LogP contribution in [-0.2, 0) is 9.59 Å². The number of nitrogens with zero attached hydrogens (tertiary/aromatic N) is 3. The van der Waals surface area contributed by atoms with Gasteiger partial charge in [0, 0.05) is 29.3 Å². The predicted octanol–water partition coefficient (Wildman–Crippen LogP) is 5.07. The predicted molar refractivity (Wildman–Crippen MR) is 154 cm³/mol. The molecule has 7 atom stereocenters. The van der Waals surface area contributed by atoms with Crippen LogP contribution in [0.4, 0.5) is 0 Å². The lowest BCUT2D eigenvalue weighted by atomic mass is 9.35. The molecular formula is C32H43N5O4. The van der Waals surface area contributed by atoms with Crippen molar-refractivity contribution in [3.63, 3.8) is 0 Å². The highest BCUT2D eigenvalue weighted by Crippen LogP contribution is 2.74. The van der Waals surface area contributed by atoms with E-state index in [1.54, 1.807) is 7.05 Å². The maximum absolute atomic E-state index is 14.6. The summed E-state index contributed by atoms with van der Waals surface area (Å²) < 4.78 is 0. The normalized spacial score (nSPS) is 43.7. The molecule has 6 rings (SSSR count). The average Bonchev–Trinajstić information content (AvgIpc) is 3.66. The molecule has 41 heavy (non-hydrogen) atoms. The molecule has 0 unspecified atom stereocenters. The maximum atomic E-state index is 14.6. The zero-order valence-electron chi connectivity index (χ0n) is 25.2. The van der Waals surface area contributed by atoms with Gasteiger partial charge in [-0.1, -0.05) is 46.3 Å². The Balaban J connectivity index is 1.48. The summed E-state index contributed by atoms with van der Waals surface area (Å²) in [7, 11) is 1.64. The van der Waals surface area contributed by atoms with E-state index in [9.17, 15) is 25.0 Å². The van der Waals surface area contributed by atoms with E-state index in [0.717, 1.165) is 50.5 Å². The smallest absolute Gasteiger partial charge is 0.268 e. The summed E-state index contributed by atoms with van der Waals surface area (Å²) in [5.41, 5.74) is -0.732. The molecule has 0 aliphatic heterocycles. The SMILES string of the molecule is CN/C(=N\[N+](=O)[O-])N[C@]12CCC3(CC3)C[C@H]1[C@H]1C(=O)C=C3[C@@]4(C)C=C(C#N)C(=O)C(C)(C)[C@@H]4CC[C@@]3(C)[C@]1(C)CC2. The molecule has 0 bridgehead atoms. The minimum atomic E-state index is -0.690. The summed E-state index contributed by atoms with van der Waals surface area (Å²) in [5, 5.41) is 30.5. The molecule has 220 valence electrons. The number of guanidine groups is 1. The van der Waals surface area contributed by atoms with Crippen LogP contribution in [0.1, 0.15) is 92.4 Å². The Morgan fingerprint density at radius 3 is 2.34 bits per heavy atom. The highest BCUT2D eigenvalue weighted by Gasteiger charge is 2.71. The highest BCUT2D eigenvalue weighted by molar-refractivity contribution is 6.04. The van der Waals surface area contributed by atoms with Crippen molar-refractivity contribution in [1.82, 2.24) is 10.6 Å². The van der Waals surface area contributed by atoms with Crippen molar-refractivity contribution < 1.29 is 14.6 Å². The maximum Gasteiger partial charge on any atom is 0.268 e. The molecule has 0 heterocycles. The number of hydrogen-bond acceptors (Lipinski definition) is 5. The number of hydrazone groups is 1. The summed E-state index contributed by atoms with van der Waals surface area (Å²) in [5.74, 6) is 0.00990. The largest absolute Gasteiger partial charge is 0.354 e. The molecule has 6 aliphatic carbocycles. The highest BCUT2D eigenvalue weighted by atomic mass is 16.7. The number of fused-ring (bicyclic) bond motifs is 7. The van der Waals surface area contributed by atoms with E-state index in [4.69, 9.17) is 0 Å². The number of nitro groups is 1. The number of nitrogens with one attached hydrogen (secondary N) is 2. The molecule has 2 N–H and O–H groups in total. The summed E-state index contributed by atoms with van der Waals surface area (Å²) in [4.78, 5) is 39.1. The van der Waals surface area contributed by atoms with Crippen molar-refractivity contribution in [2.75, 3.05) is 7.05 Å². The van der Waals surface area contributed by atoms with E-state index in [-0.39, 0.29) is 57.1 Å². The Labute approximate surface area is 242 Å². The third-order valence-electron chi connectivity index (χ3n) is 13.3. The second-order valence-electron chi connectivity index (χ2n) is 15.3. The van der Waals surface area contributed by atoms with Crippen LogP contribution in [0.5, 0.6) is 0 Å². The standard InChI is InChI=1S/C32H43N5O4/c1-27(2)22-7-8-29(4)23(28(22,3)16-19(18-33)25(27)39)15-21(38)24-20-17-31(10-11-31)12-14-32(20,13-9-30(24,29)5)35-26(34-6)36-37(40)41/h15-16,20,22,24H,7-14,17H2,1-6H3,(H2,34,35,36)/t20-,22-,24-,28-,29+,30+,32+/m0/s1. The molecule has 1 spiro atoms. The summed E-state index contributed by atoms with van der Waals surface area (Å²) in [6.45, 7) is 10.7. The zero-order chi connectivity index (χ0) is 29.8. The van der Waals surface area contributed by atoms with E-state index in [1.165, 1.54) is 12.8 Å². The molecule has 9 nitrogen and oxygen atoms in total. The van der Waals surface area contributed by atoms with E-state index >= 15 is 0 Å². The van der Waals surface area contributed by atoms with Gasteiger partial charge in [-0.2, -0.15) is 5.26 Å². The summed E-state index contributed by atoms with van der Waals surface area (Å²) in [6.07, 6.45) is 12.4. The summed E-state index contributed by atoms with van der Waals surface area (Å²) in [6, 6.07) is 2.17.